The van der Waals surface area contributed by atoms with Gasteiger partial charge in [0.15, 0.2) is 9.84 Å². The summed E-state index contributed by atoms with van der Waals surface area (Å²) in [6.45, 7) is 0.543. The van der Waals surface area contributed by atoms with Crippen molar-refractivity contribution in [3.05, 3.63) is 48.2 Å². The lowest BCUT2D eigenvalue weighted by Gasteiger charge is -2.13. The van der Waals surface area contributed by atoms with Crippen LogP contribution in [0.3, 0.4) is 0 Å². The van der Waals surface area contributed by atoms with Crippen LogP contribution in [0.4, 0.5) is 10.6 Å². The standard InChI is InChI=1S/C15H18N4O3S/c20-15(17-13-7-9-23(21,22)11-13)18-14-6-8-16-19(14)10-12-4-2-1-3-5-12/h1-6,8,13H,7,9-11H2,(H2,17,18,20)/t13-/m0/s1. The average molecular weight is 334 g/mol. The smallest absolute Gasteiger partial charge is 0.320 e. The van der Waals surface area contributed by atoms with Crippen molar-refractivity contribution < 1.29 is 13.2 Å². The summed E-state index contributed by atoms with van der Waals surface area (Å²) in [4.78, 5) is 12.0. The maximum absolute atomic E-state index is 12.0. The molecule has 0 spiro atoms. The minimum absolute atomic E-state index is 0.00367. The number of carbonyl (C=O) groups excluding carboxylic acids is 1. The molecule has 1 atom stereocenters. The Labute approximate surface area is 134 Å². The molecular formula is C15H18N4O3S. The van der Waals surface area contributed by atoms with Crippen molar-refractivity contribution in [3.8, 4) is 0 Å². The zero-order valence-electron chi connectivity index (χ0n) is 12.5. The highest BCUT2D eigenvalue weighted by atomic mass is 32.2. The van der Waals surface area contributed by atoms with Crippen LogP contribution in [0, 0.1) is 0 Å². The van der Waals surface area contributed by atoms with E-state index >= 15 is 0 Å². The van der Waals surface area contributed by atoms with Crippen molar-refractivity contribution in [2.75, 3.05) is 16.8 Å². The first kappa shape index (κ1) is 15.5. The highest BCUT2D eigenvalue weighted by Gasteiger charge is 2.29. The van der Waals surface area contributed by atoms with E-state index in [9.17, 15) is 13.2 Å². The fourth-order valence-corrected chi connectivity index (χ4v) is 4.24. The zero-order valence-corrected chi connectivity index (χ0v) is 13.3. The van der Waals surface area contributed by atoms with E-state index in [1.165, 1.54) is 0 Å². The minimum Gasteiger partial charge on any atom is -0.334 e. The van der Waals surface area contributed by atoms with Gasteiger partial charge in [0.25, 0.3) is 0 Å². The van der Waals surface area contributed by atoms with Crippen molar-refractivity contribution in [2.45, 2.75) is 19.0 Å². The van der Waals surface area contributed by atoms with E-state index in [1.54, 1.807) is 16.9 Å². The number of sulfone groups is 1. The Kier molecular flexibility index (Phi) is 4.33. The van der Waals surface area contributed by atoms with E-state index in [0.717, 1.165) is 5.56 Å². The average Bonchev–Trinajstić information content (AvgIpc) is 3.06. The summed E-state index contributed by atoms with van der Waals surface area (Å²) in [7, 11) is -3.01. The Balaban J connectivity index is 1.60. The number of amides is 2. The summed E-state index contributed by atoms with van der Waals surface area (Å²) in [6, 6.07) is 10.7. The van der Waals surface area contributed by atoms with Gasteiger partial charge >= 0.3 is 6.03 Å². The van der Waals surface area contributed by atoms with Gasteiger partial charge in [-0.1, -0.05) is 30.3 Å². The van der Waals surface area contributed by atoms with Gasteiger partial charge in [-0.3, -0.25) is 5.32 Å². The van der Waals surface area contributed by atoms with Crippen molar-refractivity contribution in [3.63, 3.8) is 0 Å². The molecule has 23 heavy (non-hydrogen) atoms. The van der Waals surface area contributed by atoms with Crippen molar-refractivity contribution >= 4 is 21.7 Å². The first-order valence-electron chi connectivity index (χ1n) is 7.35. The first-order valence-corrected chi connectivity index (χ1v) is 9.18. The second kappa shape index (κ2) is 6.41. The molecule has 1 saturated heterocycles. The zero-order chi connectivity index (χ0) is 16.3. The lowest BCUT2D eigenvalue weighted by atomic mass is 10.2. The van der Waals surface area contributed by atoms with Crippen LogP contribution in [0.25, 0.3) is 0 Å². The highest BCUT2D eigenvalue weighted by Crippen LogP contribution is 2.13. The molecule has 1 aliphatic rings. The summed E-state index contributed by atoms with van der Waals surface area (Å²) in [5.41, 5.74) is 1.07. The van der Waals surface area contributed by atoms with Crippen molar-refractivity contribution in [2.24, 2.45) is 0 Å². The third kappa shape index (κ3) is 4.10. The normalized spacial score (nSPS) is 19.4. The number of nitrogens with one attached hydrogen (secondary N) is 2. The largest absolute Gasteiger partial charge is 0.334 e. The molecule has 0 saturated carbocycles. The highest BCUT2D eigenvalue weighted by molar-refractivity contribution is 7.91. The van der Waals surface area contributed by atoms with Gasteiger partial charge in [0.05, 0.1) is 24.2 Å². The molecular weight excluding hydrogens is 316 g/mol. The number of aromatic nitrogens is 2. The number of hydrogen-bond acceptors (Lipinski definition) is 4. The van der Waals surface area contributed by atoms with Crippen LogP contribution >= 0.6 is 0 Å². The SMILES string of the molecule is O=C(Nc1ccnn1Cc1ccccc1)N[C@H]1CCS(=O)(=O)C1. The third-order valence-electron chi connectivity index (χ3n) is 3.70. The number of nitrogens with zero attached hydrogens (tertiary/aromatic N) is 2. The van der Waals surface area contributed by atoms with Gasteiger partial charge in [0, 0.05) is 12.1 Å². The van der Waals surface area contributed by atoms with E-state index in [4.69, 9.17) is 0 Å². The quantitative estimate of drug-likeness (QED) is 0.880. The molecule has 0 radical (unpaired) electrons. The molecule has 122 valence electrons. The maximum Gasteiger partial charge on any atom is 0.320 e. The Morgan fingerprint density at radius 3 is 2.74 bits per heavy atom. The van der Waals surface area contributed by atoms with Crippen LogP contribution in [0.5, 0.6) is 0 Å². The molecule has 0 bridgehead atoms. The molecule has 2 N–H and O–H groups in total. The van der Waals surface area contributed by atoms with Gasteiger partial charge in [-0.15, -0.1) is 0 Å². The molecule has 3 rings (SSSR count). The van der Waals surface area contributed by atoms with Gasteiger partial charge in [0.1, 0.15) is 5.82 Å². The number of rotatable bonds is 4. The molecule has 0 aliphatic carbocycles. The molecule has 2 aromatic rings. The molecule has 2 amide bonds. The molecule has 1 fully saturated rings. The second-order valence-corrected chi connectivity index (χ2v) is 7.79. The van der Waals surface area contributed by atoms with Gasteiger partial charge in [-0.05, 0) is 12.0 Å². The summed E-state index contributed by atoms with van der Waals surface area (Å²) in [5.74, 6) is 0.695. The van der Waals surface area contributed by atoms with Gasteiger partial charge in [-0.25, -0.2) is 17.9 Å². The van der Waals surface area contributed by atoms with Gasteiger partial charge < -0.3 is 5.32 Å². The topological polar surface area (TPSA) is 93.1 Å². The molecule has 1 aromatic heterocycles. The summed E-state index contributed by atoms with van der Waals surface area (Å²) < 4.78 is 24.5. The van der Waals surface area contributed by atoms with Gasteiger partial charge in [-0.2, -0.15) is 5.10 Å². The maximum atomic E-state index is 12.0. The van der Waals surface area contributed by atoms with E-state index in [-0.39, 0.29) is 17.5 Å². The van der Waals surface area contributed by atoms with Crippen molar-refractivity contribution in [1.82, 2.24) is 15.1 Å². The fraction of sp³-hybridized carbons (Fsp3) is 0.333. The number of benzene rings is 1. The third-order valence-corrected chi connectivity index (χ3v) is 5.47. The Bertz CT molecular complexity index is 786. The van der Waals surface area contributed by atoms with Crippen LogP contribution in [0.15, 0.2) is 42.6 Å². The number of carbonyl (C=O) groups is 1. The Hall–Kier alpha value is -2.35. The van der Waals surface area contributed by atoms with E-state index < -0.39 is 15.9 Å². The predicted octanol–water partition coefficient (Wildman–Crippen LogP) is 1.24. The molecule has 0 unspecified atom stereocenters. The molecule has 1 aromatic carbocycles. The lowest BCUT2D eigenvalue weighted by Crippen LogP contribution is -2.39. The predicted molar refractivity (Wildman–Crippen MR) is 87.0 cm³/mol. The summed E-state index contributed by atoms with van der Waals surface area (Å²) in [5, 5.41) is 9.61. The lowest BCUT2D eigenvalue weighted by molar-refractivity contribution is 0.249. The van der Waals surface area contributed by atoms with Crippen LogP contribution in [-0.2, 0) is 16.4 Å². The fourth-order valence-electron chi connectivity index (χ4n) is 2.57. The molecule has 2 heterocycles. The van der Waals surface area contributed by atoms with Crippen LogP contribution in [-0.4, -0.2) is 41.8 Å². The second-order valence-electron chi connectivity index (χ2n) is 5.56. The number of hydrogen-bond donors (Lipinski definition) is 2. The Morgan fingerprint density at radius 2 is 2.04 bits per heavy atom. The number of urea groups is 1. The first-order chi connectivity index (χ1) is 11.0. The van der Waals surface area contributed by atoms with E-state index in [1.807, 2.05) is 30.3 Å². The minimum atomic E-state index is -3.01. The van der Waals surface area contributed by atoms with Crippen LogP contribution in [0.2, 0.25) is 0 Å². The van der Waals surface area contributed by atoms with E-state index in [2.05, 4.69) is 15.7 Å². The number of anilines is 1. The van der Waals surface area contributed by atoms with Crippen LogP contribution in [0.1, 0.15) is 12.0 Å². The summed E-state index contributed by atoms with van der Waals surface area (Å²) in [6.07, 6.45) is 2.07. The molecule has 7 nitrogen and oxygen atoms in total. The molecule has 8 heteroatoms. The Morgan fingerprint density at radius 1 is 1.26 bits per heavy atom. The molecule has 1 aliphatic heterocycles. The summed E-state index contributed by atoms with van der Waals surface area (Å²) >= 11 is 0. The van der Waals surface area contributed by atoms with Crippen LogP contribution < -0.4 is 10.6 Å². The van der Waals surface area contributed by atoms with E-state index in [0.29, 0.717) is 18.8 Å². The van der Waals surface area contributed by atoms with Crippen molar-refractivity contribution in [1.29, 1.82) is 0 Å². The van der Waals surface area contributed by atoms with Gasteiger partial charge in [0.2, 0.25) is 0 Å². The monoisotopic (exact) mass is 334 g/mol.